The summed E-state index contributed by atoms with van der Waals surface area (Å²) in [6.07, 6.45) is 1.88. The lowest BCUT2D eigenvalue weighted by molar-refractivity contribution is -0.159. The van der Waals surface area contributed by atoms with Gasteiger partial charge in [-0.25, -0.2) is 9.48 Å². The highest BCUT2D eigenvalue weighted by Gasteiger charge is 2.64. The average molecular weight is 393 g/mol. The molecule has 4 amide bonds. The monoisotopic (exact) mass is 393 g/mol. The van der Waals surface area contributed by atoms with Gasteiger partial charge < -0.3 is 4.90 Å². The fourth-order valence-electron chi connectivity index (χ4n) is 5.25. The van der Waals surface area contributed by atoms with E-state index >= 15 is 0 Å². The summed E-state index contributed by atoms with van der Waals surface area (Å²) in [5, 5.41) is 4.76. The maximum absolute atomic E-state index is 13.4. The highest BCUT2D eigenvalue weighted by atomic mass is 16.2. The van der Waals surface area contributed by atoms with Crippen molar-refractivity contribution in [3.63, 3.8) is 0 Å². The number of barbiturate groups is 1. The molecule has 4 heterocycles. The van der Waals surface area contributed by atoms with E-state index in [0.29, 0.717) is 0 Å². The molecule has 0 radical (unpaired) electrons. The van der Waals surface area contributed by atoms with E-state index in [2.05, 4.69) is 4.90 Å². The molecule has 5 rings (SSSR count). The number of anilines is 1. The first-order valence-electron chi connectivity index (χ1n) is 9.88. The first kappa shape index (κ1) is 17.9. The third kappa shape index (κ3) is 2.14. The summed E-state index contributed by atoms with van der Waals surface area (Å²) >= 11 is 0. The SMILES string of the molecule is Cc1nn(-c2ccccc2)c2c1CC1(C(=O)N(C)C(=O)N(C)C1=O)[C@@H]1CCCN21. The molecular formula is C21H23N5O3. The smallest absolute Gasteiger partial charge is 0.332 e. The van der Waals surface area contributed by atoms with Crippen LogP contribution in [0.2, 0.25) is 0 Å². The van der Waals surface area contributed by atoms with Crippen LogP contribution in [0.4, 0.5) is 10.6 Å². The van der Waals surface area contributed by atoms with Crippen molar-refractivity contribution in [2.45, 2.75) is 32.2 Å². The van der Waals surface area contributed by atoms with E-state index in [1.165, 1.54) is 14.1 Å². The van der Waals surface area contributed by atoms with Gasteiger partial charge in [-0.3, -0.25) is 19.4 Å². The van der Waals surface area contributed by atoms with Gasteiger partial charge in [0.05, 0.1) is 17.4 Å². The summed E-state index contributed by atoms with van der Waals surface area (Å²) in [5.41, 5.74) is 1.38. The number of imide groups is 2. The minimum atomic E-state index is -1.28. The van der Waals surface area contributed by atoms with Crippen molar-refractivity contribution in [3.8, 4) is 5.69 Å². The molecule has 8 nitrogen and oxygen atoms in total. The van der Waals surface area contributed by atoms with Crippen LogP contribution in [0.5, 0.6) is 0 Å². The highest BCUT2D eigenvalue weighted by molar-refractivity contribution is 6.20. The number of aryl methyl sites for hydroxylation is 1. The molecule has 29 heavy (non-hydrogen) atoms. The molecule has 2 saturated heterocycles. The van der Waals surface area contributed by atoms with Crippen molar-refractivity contribution < 1.29 is 14.4 Å². The molecule has 8 heteroatoms. The van der Waals surface area contributed by atoms with Gasteiger partial charge in [0.2, 0.25) is 11.8 Å². The topological polar surface area (TPSA) is 78.8 Å². The van der Waals surface area contributed by atoms with Gasteiger partial charge in [0.25, 0.3) is 0 Å². The molecule has 0 saturated carbocycles. The molecule has 2 fully saturated rings. The standard InChI is InChI=1S/C21H23N5O3/c1-13-15-12-21(18(27)23(2)20(29)24(3)19(21)28)16-10-7-11-25(16)17(15)26(22-13)14-8-5-4-6-9-14/h4-6,8-9,16H,7,10-12H2,1-3H3/t16-/m0/s1. The molecule has 1 aromatic heterocycles. The van der Waals surface area contributed by atoms with E-state index in [9.17, 15) is 14.4 Å². The minimum absolute atomic E-state index is 0.266. The molecule has 0 bridgehead atoms. The van der Waals surface area contributed by atoms with Crippen molar-refractivity contribution in [1.29, 1.82) is 0 Å². The fraction of sp³-hybridized carbons (Fsp3) is 0.429. The van der Waals surface area contributed by atoms with Crippen LogP contribution in [0.3, 0.4) is 0 Å². The Morgan fingerprint density at radius 3 is 2.34 bits per heavy atom. The summed E-state index contributed by atoms with van der Waals surface area (Å²) in [7, 11) is 2.93. The van der Waals surface area contributed by atoms with Crippen molar-refractivity contribution >= 4 is 23.7 Å². The molecule has 1 atom stereocenters. The molecule has 2 aromatic rings. The van der Waals surface area contributed by atoms with E-state index < -0.39 is 23.3 Å². The molecular weight excluding hydrogens is 370 g/mol. The Morgan fingerprint density at radius 1 is 1.03 bits per heavy atom. The summed E-state index contributed by atoms with van der Waals surface area (Å²) < 4.78 is 1.92. The van der Waals surface area contributed by atoms with Crippen molar-refractivity contribution in [3.05, 3.63) is 41.6 Å². The second-order valence-corrected chi connectivity index (χ2v) is 8.15. The van der Waals surface area contributed by atoms with Gasteiger partial charge in [-0.05, 0) is 31.9 Å². The number of urea groups is 1. The Morgan fingerprint density at radius 2 is 1.69 bits per heavy atom. The Bertz CT molecular complexity index is 1020. The maximum atomic E-state index is 13.4. The number of carbonyl (C=O) groups excluding carboxylic acids is 3. The van der Waals surface area contributed by atoms with E-state index in [-0.39, 0.29) is 12.5 Å². The summed E-state index contributed by atoms with van der Waals surface area (Å²) in [5.74, 6) is 0.157. The van der Waals surface area contributed by atoms with Gasteiger partial charge in [-0.15, -0.1) is 0 Å². The average Bonchev–Trinajstić information content (AvgIpc) is 3.35. The van der Waals surface area contributed by atoms with Gasteiger partial charge in [0, 0.05) is 32.6 Å². The predicted octanol–water partition coefficient (Wildman–Crippen LogP) is 1.74. The Hall–Kier alpha value is -3.16. The van der Waals surface area contributed by atoms with E-state index in [1.54, 1.807) is 0 Å². The molecule has 3 aliphatic heterocycles. The van der Waals surface area contributed by atoms with Crippen LogP contribution in [0.1, 0.15) is 24.1 Å². The Balaban J connectivity index is 1.72. The Labute approximate surface area is 168 Å². The molecule has 150 valence electrons. The number of fused-ring (bicyclic) bond motifs is 4. The zero-order chi connectivity index (χ0) is 20.5. The second kappa shape index (κ2) is 5.92. The van der Waals surface area contributed by atoms with Gasteiger partial charge in [-0.1, -0.05) is 18.2 Å². The zero-order valence-electron chi connectivity index (χ0n) is 16.8. The maximum Gasteiger partial charge on any atom is 0.332 e. The first-order valence-corrected chi connectivity index (χ1v) is 9.88. The number of aromatic nitrogens is 2. The molecule has 0 N–H and O–H groups in total. The lowest BCUT2D eigenvalue weighted by Crippen LogP contribution is -2.70. The summed E-state index contributed by atoms with van der Waals surface area (Å²) in [6.45, 7) is 2.66. The number of nitrogens with zero attached hydrogens (tertiary/aromatic N) is 5. The molecule has 1 aromatic carbocycles. The van der Waals surface area contributed by atoms with Crippen molar-refractivity contribution in [1.82, 2.24) is 19.6 Å². The summed E-state index contributed by atoms with van der Waals surface area (Å²) in [4.78, 5) is 43.5. The van der Waals surface area contributed by atoms with E-state index in [1.807, 2.05) is 41.9 Å². The lowest BCUT2D eigenvalue weighted by Gasteiger charge is -2.50. The van der Waals surface area contributed by atoms with Crippen LogP contribution in [-0.4, -0.2) is 64.1 Å². The highest BCUT2D eigenvalue weighted by Crippen LogP contribution is 2.50. The number of para-hydroxylation sites is 1. The van der Waals surface area contributed by atoms with Crippen LogP contribution in [0.25, 0.3) is 5.69 Å². The molecule has 1 spiro atoms. The van der Waals surface area contributed by atoms with Crippen LogP contribution in [-0.2, 0) is 16.0 Å². The van der Waals surface area contributed by atoms with Gasteiger partial charge in [0.1, 0.15) is 5.82 Å². The largest absolute Gasteiger partial charge is 0.352 e. The molecule has 0 aliphatic carbocycles. The van der Waals surface area contributed by atoms with Crippen LogP contribution in [0.15, 0.2) is 30.3 Å². The Kier molecular flexibility index (Phi) is 3.65. The van der Waals surface area contributed by atoms with E-state index in [0.717, 1.165) is 51.9 Å². The lowest BCUT2D eigenvalue weighted by atomic mass is 9.68. The van der Waals surface area contributed by atoms with Crippen LogP contribution < -0.4 is 4.90 Å². The minimum Gasteiger partial charge on any atom is -0.352 e. The van der Waals surface area contributed by atoms with Crippen molar-refractivity contribution in [2.75, 3.05) is 25.5 Å². The summed E-state index contributed by atoms with van der Waals surface area (Å²) in [6, 6.07) is 9.03. The fourth-order valence-corrected chi connectivity index (χ4v) is 5.25. The van der Waals surface area contributed by atoms with E-state index in [4.69, 9.17) is 5.10 Å². The third-order valence-electron chi connectivity index (χ3n) is 6.65. The van der Waals surface area contributed by atoms with Gasteiger partial charge >= 0.3 is 6.03 Å². The molecule has 0 unspecified atom stereocenters. The number of hydrogen-bond donors (Lipinski definition) is 0. The van der Waals surface area contributed by atoms with Gasteiger partial charge in [-0.2, -0.15) is 5.10 Å². The van der Waals surface area contributed by atoms with Gasteiger partial charge in [0.15, 0.2) is 5.41 Å². The molecule has 3 aliphatic rings. The predicted molar refractivity (Wildman–Crippen MR) is 106 cm³/mol. The number of rotatable bonds is 1. The number of benzene rings is 1. The van der Waals surface area contributed by atoms with Crippen LogP contribution >= 0.6 is 0 Å². The second-order valence-electron chi connectivity index (χ2n) is 8.15. The third-order valence-corrected chi connectivity index (χ3v) is 6.65. The van der Waals surface area contributed by atoms with Crippen molar-refractivity contribution in [2.24, 2.45) is 5.41 Å². The van der Waals surface area contributed by atoms with Crippen LogP contribution in [0, 0.1) is 12.3 Å². The number of amides is 4. The zero-order valence-corrected chi connectivity index (χ0v) is 16.8. The number of carbonyl (C=O) groups is 3. The first-order chi connectivity index (χ1) is 13.9. The number of hydrogen-bond acceptors (Lipinski definition) is 5. The normalized spacial score (nSPS) is 23.1. The quantitative estimate of drug-likeness (QED) is 0.690.